The maximum Gasteiger partial charge on any atom is 0.409 e. The molecule has 0 atom stereocenters. The predicted octanol–water partition coefficient (Wildman–Crippen LogP) is 2.01. The van der Waals surface area contributed by atoms with Gasteiger partial charge in [0.2, 0.25) is 0 Å². The number of amides is 2. The molecule has 0 spiro atoms. The minimum atomic E-state index is -0.344. The van der Waals surface area contributed by atoms with Gasteiger partial charge in [-0.05, 0) is 31.2 Å². The van der Waals surface area contributed by atoms with Crippen LogP contribution in [0.1, 0.15) is 17.4 Å². The van der Waals surface area contributed by atoms with Crippen LogP contribution in [0.25, 0.3) is 11.3 Å². The molecule has 1 fully saturated rings. The number of methoxy groups -OCH3 is 2. The van der Waals surface area contributed by atoms with E-state index in [2.05, 4.69) is 10.2 Å². The van der Waals surface area contributed by atoms with Crippen molar-refractivity contribution < 1.29 is 23.8 Å². The molecular formula is C19H24N4O5. The zero-order valence-corrected chi connectivity index (χ0v) is 16.2. The highest BCUT2D eigenvalue weighted by Gasteiger charge is 2.26. The van der Waals surface area contributed by atoms with Gasteiger partial charge >= 0.3 is 6.09 Å². The second-order valence-corrected chi connectivity index (χ2v) is 6.21. The minimum Gasteiger partial charge on any atom is -0.497 e. The second kappa shape index (κ2) is 8.64. The summed E-state index contributed by atoms with van der Waals surface area (Å²) >= 11 is 0. The van der Waals surface area contributed by atoms with Crippen molar-refractivity contribution in [3.63, 3.8) is 0 Å². The molecule has 0 radical (unpaired) electrons. The maximum absolute atomic E-state index is 12.8. The van der Waals surface area contributed by atoms with Crippen molar-refractivity contribution in [2.24, 2.45) is 0 Å². The molecule has 0 unspecified atom stereocenters. The van der Waals surface area contributed by atoms with Crippen LogP contribution < -0.4 is 9.47 Å². The van der Waals surface area contributed by atoms with Crippen LogP contribution in [-0.4, -0.2) is 79.0 Å². The molecule has 1 N–H and O–H groups in total. The summed E-state index contributed by atoms with van der Waals surface area (Å²) < 4.78 is 15.6. The Morgan fingerprint density at radius 1 is 1.07 bits per heavy atom. The average molecular weight is 388 g/mol. The smallest absolute Gasteiger partial charge is 0.409 e. The summed E-state index contributed by atoms with van der Waals surface area (Å²) in [5.74, 6) is 1.14. The third-order valence-corrected chi connectivity index (χ3v) is 4.58. The number of nitrogens with one attached hydrogen (secondary N) is 1. The quantitative estimate of drug-likeness (QED) is 0.842. The number of hydrogen-bond acceptors (Lipinski definition) is 6. The number of ether oxygens (including phenoxy) is 3. The van der Waals surface area contributed by atoms with Gasteiger partial charge in [-0.2, -0.15) is 5.10 Å². The van der Waals surface area contributed by atoms with Crippen molar-refractivity contribution in [1.82, 2.24) is 20.0 Å². The highest BCUT2D eigenvalue weighted by atomic mass is 16.6. The van der Waals surface area contributed by atoms with Crippen LogP contribution >= 0.6 is 0 Å². The molecule has 2 heterocycles. The summed E-state index contributed by atoms with van der Waals surface area (Å²) in [4.78, 5) is 27.9. The zero-order valence-electron chi connectivity index (χ0n) is 16.2. The van der Waals surface area contributed by atoms with Gasteiger partial charge in [0.25, 0.3) is 5.91 Å². The Labute approximate surface area is 163 Å². The van der Waals surface area contributed by atoms with Crippen LogP contribution in [0.2, 0.25) is 0 Å². The van der Waals surface area contributed by atoms with Gasteiger partial charge in [-0.1, -0.05) is 0 Å². The third kappa shape index (κ3) is 4.03. The Bertz CT molecular complexity index is 843. The molecule has 28 heavy (non-hydrogen) atoms. The standard InChI is InChI=1S/C19H24N4O5/c1-4-28-19(25)23-9-7-22(8-10-23)18(24)16-12-15(20-21-16)14-11-13(26-2)5-6-17(14)27-3/h5-6,11-12H,4,7-10H2,1-3H3,(H,20,21). The first-order chi connectivity index (χ1) is 13.6. The average Bonchev–Trinajstić information content (AvgIpc) is 3.23. The number of rotatable bonds is 5. The topological polar surface area (TPSA) is 97.0 Å². The molecule has 1 aliphatic heterocycles. The number of H-pyrrole nitrogens is 1. The molecule has 3 rings (SSSR count). The van der Waals surface area contributed by atoms with Gasteiger partial charge in [0, 0.05) is 31.7 Å². The van der Waals surface area contributed by atoms with Crippen molar-refractivity contribution >= 4 is 12.0 Å². The van der Waals surface area contributed by atoms with Crippen LogP contribution in [0.4, 0.5) is 4.79 Å². The van der Waals surface area contributed by atoms with E-state index in [0.29, 0.717) is 55.7 Å². The van der Waals surface area contributed by atoms with Crippen molar-refractivity contribution in [1.29, 1.82) is 0 Å². The normalized spacial score (nSPS) is 14.0. The molecule has 1 aromatic heterocycles. The van der Waals surface area contributed by atoms with Crippen LogP contribution in [-0.2, 0) is 4.74 Å². The Morgan fingerprint density at radius 3 is 2.43 bits per heavy atom. The van der Waals surface area contributed by atoms with Gasteiger partial charge in [-0.25, -0.2) is 4.79 Å². The fourth-order valence-electron chi connectivity index (χ4n) is 3.06. The number of benzene rings is 1. The summed E-state index contributed by atoms with van der Waals surface area (Å²) in [5.41, 5.74) is 1.69. The first-order valence-electron chi connectivity index (χ1n) is 9.06. The van der Waals surface area contributed by atoms with Gasteiger partial charge in [0.05, 0.1) is 26.5 Å². The predicted molar refractivity (Wildman–Crippen MR) is 102 cm³/mol. The number of nitrogens with zero attached hydrogens (tertiary/aromatic N) is 3. The fraction of sp³-hybridized carbons (Fsp3) is 0.421. The number of hydrogen-bond donors (Lipinski definition) is 1. The van der Waals surface area contributed by atoms with Crippen molar-refractivity contribution in [3.05, 3.63) is 30.0 Å². The summed E-state index contributed by atoms with van der Waals surface area (Å²) in [5, 5.41) is 7.06. The van der Waals surface area contributed by atoms with Crippen LogP contribution in [0.15, 0.2) is 24.3 Å². The van der Waals surface area contributed by atoms with E-state index in [1.165, 1.54) is 0 Å². The first-order valence-corrected chi connectivity index (χ1v) is 9.06. The largest absolute Gasteiger partial charge is 0.497 e. The van der Waals surface area contributed by atoms with Crippen LogP contribution in [0.3, 0.4) is 0 Å². The van der Waals surface area contributed by atoms with Gasteiger partial charge in [0.15, 0.2) is 0 Å². The van der Waals surface area contributed by atoms with Crippen LogP contribution in [0, 0.1) is 0 Å². The maximum atomic E-state index is 12.8. The van der Waals surface area contributed by atoms with E-state index in [0.717, 1.165) is 5.56 Å². The van der Waals surface area contributed by atoms with Gasteiger partial charge < -0.3 is 24.0 Å². The molecule has 0 aliphatic carbocycles. The summed E-state index contributed by atoms with van der Waals surface area (Å²) in [6.45, 7) is 3.86. The van der Waals surface area contributed by atoms with Gasteiger partial charge in [0.1, 0.15) is 17.2 Å². The Kier molecular flexibility index (Phi) is 6.03. The summed E-state index contributed by atoms with van der Waals surface area (Å²) in [6, 6.07) is 7.09. The lowest BCUT2D eigenvalue weighted by molar-refractivity contribution is 0.0566. The number of carbonyl (C=O) groups excluding carboxylic acids is 2. The van der Waals surface area contributed by atoms with Gasteiger partial charge in [-0.3, -0.25) is 9.89 Å². The van der Waals surface area contributed by atoms with E-state index < -0.39 is 0 Å². The zero-order chi connectivity index (χ0) is 20.1. The molecule has 9 heteroatoms. The molecular weight excluding hydrogens is 364 g/mol. The van der Waals surface area contributed by atoms with E-state index in [9.17, 15) is 9.59 Å². The summed E-state index contributed by atoms with van der Waals surface area (Å²) in [7, 11) is 3.16. The van der Waals surface area contributed by atoms with Crippen molar-refractivity contribution in [2.45, 2.75) is 6.92 Å². The lowest BCUT2D eigenvalue weighted by atomic mass is 10.1. The molecule has 0 bridgehead atoms. The Balaban J connectivity index is 1.71. The number of aromatic amines is 1. The molecule has 150 valence electrons. The SMILES string of the molecule is CCOC(=O)N1CCN(C(=O)c2cc(-c3cc(OC)ccc3OC)n[nH]2)CC1. The highest BCUT2D eigenvalue weighted by Crippen LogP contribution is 2.32. The van der Waals surface area contributed by atoms with Crippen LogP contribution in [0.5, 0.6) is 11.5 Å². The molecule has 9 nitrogen and oxygen atoms in total. The molecule has 2 amide bonds. The minimum absolute atomic E-state index is 0.163. The second-order valence-electron chi connectivity index (χ2n) is 6.21. The van der Waals surface area contributed by atoms with E-state index in [1.54, 1.807) is 55.2 Å². The molecule has 1 aliphatic rings. The third-order valence-electron chi connectivity index (χ3n) is 4.58. The molecule has 0 saturated carbocycles. The monoisotopic (exact) mass is 388 g/mol. The van der Waals surface area contributed by atoms with E-state index in [1.807, 2.05) is 0 Å². The number of carbonyl (C=O) groups is 2. The van der Waals surface area contributed by atoms with Gasteiger partial charge in [-0.15, -0.1) is 0 Å². The lowest BCUT2D eigenvalue weighted by Gasteiger charge is -2.33. The van der Waals surface area contributed by atoms with E-state index >= 15 is 0 Å². The first kappa shape index (κ1) is 19.5. The van der Waals surface area contributed by atoms with E-state index in [-0.39, 0.29) is 12.0 Å². The molecule has 2 aromatic rings. The van der Waals surface area contributed by atoms with E-state index in [4.69, 9.17) is 14.2 Å². The lowest BCUT2D eigenvalue weighted by Crippen LogP contribution is -2.50. The van der Waals surface area contributed by atoms with Crippen molar-refractivity contribution in [3.8, 4) is 22.8 Å². The Morgan fingerprint density at radius 2 is 1.79 bits per heavy atom. The molecule has 1 aromatic carbocycles. The fourth-order valence-corrected chi connectivity index (χ4v) is 3.06. The Hall–Kier alpha value is -3.23. The number of aromatic nitrogens is 2. The number of piperazine rings is 1. The summed E-state index contributed by atoms with van der Waals surface area (Å²) in [6.07, 6.45) is -0.344. The highest BCUT2D eigenvalue weighted by molar-refractivity contribution is 5.93. The van der Waals surface area contributed by atoms with Crippen molar-refractivity contribution in [2.75, 3.05) is 47.0 Å². The molecule has 1 saturated heterocycles.